The summed E-state index contributed by atoms with van der Waals surface area (Å²) in [5.41, 5.74) is 2.30. The summed E-state index contributed by atoms with van der Waals surface area (Å²) in [5.74, 6) is -0.140. The SMILES string of the molecule is CCCNc1cc(COC)nc2cc(F)c(OCC)cc12. The maximum atomic E-state index is 14.0. The first kappa shape index (κ1) is 15.5. The number of aromatic nitrogens is 1. The van der Waals surface area contributed by atoms with Crippen LogP contribution in [0, 0.1) is 5.82 Å². The van der Waals surface area contributed by atoms with Crippen molar-refractivity contribution in [1.82, 2.24) is 4.98 Å². The standard InChI is InChI=1S/C16H21FN2O2/c1-4-6-18-14-7-11(10-20-3)19-15-9-13(17)16(21-5-2)8-12(14)15/h7-9H,4-6,10H2,1-3H3,(H,18,19). The molecule has 1 heterocycles. The van der Waals surface area contributed by atoms with Crippen molar-refractivity contribution in [2.24, 2.45) is 0 Å². The Morgan fingerprint density at radius 3 is 2.71 bits per heavy atom. The second kappa shape index (κ2) is 7.22. The number of benzene rings is 1. The van der Waals surface area contributed by atoms with Gasteiger partial charge in [0.25, 0.3) is 0 Å². The summed E-state index contributed by atoms with van der Waals surface area (Å²) >= 11 is 0. The summed E-state index contributed by atoms with van der Waals surface area (Å²) in [5, 5.41) is 4.21. The van der Waals surface area contributed by atoms with Crippen molar-refractivity contribution in [1.29, 1.82) is 0 Å². The molecule has 1 aromatic heterocycles. The van der Waals surface area contributed by atoms with Gasteiger partial charge in [0.2, 0.25) is 0 Å². The Balaban J connectivity index is 2.54. The van der Waals surface area contributed by atoms with Crippen LogP contribution >= 0.6 is 0 Å². The van der Waals surface area contributed by atoms with Crippen molar-refractivity contribution in [2.45, 2.75) is 26.9 Å². The van der Waals surface area contributed by atoms with Gasteiger partial charge < -0.3 is 14.8 Å². The molecular formula is C16H21FN2O2. The molecule has 0 saturated heterocycles. The lowest BCUT2D eigenvalue weighted by Gasteiger charge is -2.13. The number of hydrogen-bond acceptors (Lipinski definition) is 4. The summed E-state index contributed by atoms with van der Waals surface area (Å²) < 4.78 is 24.4. The molecule has 0 saturated carbocycles. The van der Waals surface area contributed by atoms with Gasteiger partial charge in [0.05, 0.1) is 24.4 Å². The maximum absolute atomic E-state index is 14.0. The Kier molecular flexibility index (Phi) is 5.33. The van der Waals surface area contributed by atoms with Crippen molar-refractivity contribution >= 4 is 16.6 Å². The molecule has 0 aliphatic carbocycles. The van der Waals surface area contributed by atoms with Gasteiger partial charge in [-0.25, -0.2) is 4.39 Å². The summed E-state index contributed by atoms with van der Waals surface area (Å²) in [4.78, 5) is 4.44. The number of anilines is 1. The maximum Gasteiger partial charge on any atom is 0.167 e. The van der Waals surface area contributed by atoms with Crippen molar-refractivity contribution in [3.63, 3.8) is 0 Å². The zero-order valence-electron chi connectivity index (χ0n) is 12.7. The van der Waals surface area contributed by atoms with Crippen LogP contribution in [0.2, 0.25) is 0 Å². The number of methoxy groups -OCH3 is 1. The summed E-state index contributed by atoms with van der Waals surface area (Å²) in [7, 11) is 1.61. The van der Waals surface area contributed by atoms with E-state index in [1.54, 1.807) is 13.2 Å². The fourth-order valence-electron chi connectivity index (χ4n) is 2.18. The predicted molar refractivity (Wildman–Crippen MR) is 82.4 cm³/mol. The van der Waals surface area contributed by atoms with E-state index >= 15 is 0 Å². The highest BCUT2D eigenvalue weighted by atomic mass is 19.1. The largest absolute Gasteiger partial charge is 0.491 e. The van der Waals surface area contributed by atoms with Crippen molar-refractivity contribution < 1.29 is 13.9 Å². The number of hydrogen-bond donors (Lipinski definition) is 1. The van der Waals surface area contributed by atoms with Crippen LogP contribution in [-0.2, 0) is 11.3 Å². The van der Waals surface area contributed by atoms with Gasteiger partial charge in [-0.15, -0.1) is 0 Å². The average Bonchev–Trinajstić information content (AvgIpc) is 2.46. The van der Waals surface area contributed by atoms with E-state index in [1.165, 1.54) is 6.07 Å². The van der Waals surface area contributed by atoms with E-state index in [9.17, 15) is 4.39 Å². The van der Waals surface area contributed by atoms with Gasteiger partial charge in [0.1, 0.15) is 0 Å². The van der Waals surface area contributed by atoms with Gasteiger partial charge in [-0.1, -0.05) is 6.92 Å². The minimum atomic E-state index is -0.396. The molecule has 1 aromatic carbocycles. The molecule has 5 heteroatoms. The predicted octanol–water partition coefficient (Wildman–Crippen LogP) is 3.74. The molecule has 2 rings (SSSR count). The van der Waals surface area contributed by atoms with E-state index in [-0.39, 0.29) is 5.75 Å². The molecule has 114 valence electrons. The Hall–Kier alpha value is -1.88. The number of nitrogens with zero attached hydrogens (tertiary/aromatic N) is 1. The third-order valence-corrected chi connectivity index (χ3v) is 3.07. The number of halogens is 1. The van der Waals surface area contributed by atoms with Crippen LogP contribution in [0.1, 0.15) is 26.0 Å². The van der Waals surface area contributed by atoms with Crippen LogP contribution in [0.15, 0.2) is 18.2 Å². The van der Waals surface area contributed by atoms with Gasteiger partial charge >= 0.3 is 0 Å². The molecular weight excluding hydrogens is 271 g/mol. The van der Waals surface area contributed by atoms with Crippen molar-refractivity contribution in [2.75, 3.05) is 25.6 Å². The molecule has 0 aliphatic rings. The van der Waals surface area contributed by atoms with E-state index in [0.29, 0.717) is 18.7 Å². The zero-order valence-corrected chi connectivity index (χ0v) is 12.7. The summed E-state index contributed by atoms with van der Waals surface area (Å²) in [6, 6.07) is 5.06. The second-order valence-corrected chi connectivity index (χ2v) is 4.75. The normalized spacial score (nSPS) is 10.9. The van der Waals surface area contributed by atoms with Gasteiger partial charge in [-0.3, -0.25) is 4.98 Å². The highest BCUT2D eigenvalue weighted by molar-refractivity contribution is 5.92. The van der Waals surface area contributed by atoms with E-state index in [1.807, 2.05) is 13.0 Å². The van der Waals surface area contributed by atoms with Crippen molar-refractivity contribution in [3.8, 4) is 5.75 Å². The minimum Gasteiger partial charge on any atom is -0.491 e. The molecule has 2 aromatic rings. The Bertz CT molecular complexity index is 617. The Morgan fingerprint density at radius 1 is 1.24 bits per heavy atom. The minimum absolute atomic E-state index is 0.255. The lowest BCUT2D eigenvalue weighted by molar-refractivity contribution is 0.182. The van der Waals surface area contributed by atoms with E-state index in [2.05, 4.69) is 17.2 Å². The fourth-order valence-corrected chi connectivity index (χ4v) is 2.18. The monoisotopic (exact) mass is 292 g/mol. The smallest absolute Gasteiger partial charge is 0.167 e. The number of fused-ring (bicyclic) bond motifs is 1. The molecule has 0 radical (unpaired) electrons. The first-order valence-electron chi connectivity index (χ1n) is 7.18. The van der Waals surface area contributed by atoms with Crippen LogP contribution in [0.5, 0.6) is 5.75 Å². The summed E-state index contributed by atoms with van der Waals surface area (Å²) in [6.07, 6.45) is 1.00. The topological polar surface area (TPSA) is 43.4 Å². The van der Waals surface area contributed by atoms with Gasteiger partial charge in [0, 0.05) is 30.8 Å². The molecule has 1 N–H and O–H groups in total. The van der Waals surface area contributed by atoms with Gasteiger partial charge in [0.15, 0.2) is 11.6 Å². The summed E-state index contributed by atoms with van der Waals surface area (Å²) in [6.45, 7) is 5.59. The molecule has 0 atom stereocenters. The second-order valence-electron chi connectivity index (χ2n) is 4.75. The van der Waals surface area contributed by atoms with Crippen LogP contribution in [0.25, 0.3) is 10.9 Å². The van der Waals surface area contributed by atoms with Crippen molar-refractivity contribution in [3.05, 3.63) is 29.7 Å². The Labute approximate surface area is 124 Å². The number of ether oxygens (including phenoxy) is 2. The number of nitrogens with one attached hydrogen (secondary N) is 1. The lowest BCUT2D eigenvalue weighted by atomic mass is 10.1. The van der Waals surface area contributed by atoms with Crippen LogP contribution in [-0.4, -0.2) is 25.2 Å². The quantitative estimate of drug-likeness (QED) is 0.844. The van der Waals surface area contributed by atoms with E-state index in [0.717, 1.165) is 29.7 Å². The molecule has 0 amide bonds. The number of rotatable bonds is 7. The Morgan fingerprint density at radius 2 is 2.05 bits per heavy atom. The molecule has 0 fully saturated rings. The number of pyridine rings is 1. The first-order valence-corrected chi connectivity index (χ1v) is 7.18. The van der Waals surface area contributed by atoms with Crippen LogP contribution in [0.4, 0.5) is 10.1 Å². The van der Waals surface area contributed by atoms with Gasteiger partial charge in [-0.05, 0) is 25.5 Å². The highest BCUT2D eigenvalue weighted by Gasteiger charge is 2.11. The average molecular weight is 292 g/mol. The van der Waals surface area contributed by atoms with E-state index < -0.39 is 5.82 Å². The highest BCUT2D eigenvalue weighted by Crippen LogP contribution is 2.30. The lowest BCUT2D eigenvalue weighted by Crippen LogP contribution is -2.04. The van der Waals surface area contributed by atoms with Gasteiger partial charge in [-0.2, -0.15) is 0 Å². The molecule has 4 nitrogen and oxygen atoms in total. The molecule has 0 bridgehead atoms. The molecule has 21 heavy (non-hydrogen) atoms. The van der Waals surface area contributed by atoms with E-state index in [4.69, 9.17) is 9.47 Å². The third-order valence-electron chi connectivity index (χ3n) is 3.07. The van der Waals surface area contributed by atoms with Crippen LogP contribution < -0.4 is 10.1 Å². The zero-order chi connectivity index (χ0) is 15.2. The molecule has 0 aliphatic heterocycles. The molecule has 0 unspecified atom stereocenters. The molecule has 0 spiro atoms. The fraction of sp³-hybridized carbons (Fsp3) is 0.438. The first-order chi connectivity index (χ1) is 10.2. The third kappa shape index (κ3) is 3.61. The van der Waals surface area contributed by atoms with Crippen LogP contribution in [0.3, 0.4) is 0 Å².